The van der Waals surface area contributed by atoms with Gasteiger partial charge < -0.3 is 20.1 Å². The molecule has 0 spiro atoms. The maximum atomic E-state index is 12.8. The first-order chi connectivity index (χ1) is 13.2. The van der Waals surface area contributed by atoms with Crippen LogP contribution in [0.25, 0.3) is 0 Å². The Bertz CT molecular complexity index is 646. The van der Waals surface area contributed by atoms with Gasteiger partial charge >= 0.3 is 12.1 Å². The monoisotopic (exact) mass is 410 g/mol. The molecule has 1 aromatic rings. The smallest absolute Gasteiger partial charge is 0.408 e. The fourth-order valence-corrected chi connectivity index (χ4v) is 2.98. The van der Waals surface area contributed by atoms with E-state index in [1.807, 2.05) is 36.6 Å². The molecule has 0 aliphatic rings. The van der Waals surface area contributed by atoms with Gasteiger partial charge in [0.05, 0.1) is 7.11 Å². The van der Waals surface area contributed by atoms with Crippen molar-refractivity contribution in [2.24, 2.45) is 0 Å². The summed E-state index contributed by atoms with van der Waals surface area (Å²) in [5.41, 5.74) is 0.359. The molecule has 0 saturated heterocycles. The van der Waals surface area contributed by atoms with Gasteiger partial charge in [-0.1, -0.05) is 30.3 Å². The molecule has 0 aromatic heterocycles. The molecule has 0 bridgehead atoms. The van der Waals surface area contributed by atoms with Crippen LogP contribution in [0.5, 0.6) is 0 Å². The van der Waals surface area contributed by atoms with Crippen molar-refractivity contribution in [2.75, 3.05) is 19.1 Å². The van der Waals surface area contributed by atoms with Gasteiger partial charge in [-0.3, -0.25) is 4.79 Å². The Balaban J connectivity index is 2.85. The van der Waals surface area contributed by atoms with E-state index in [0.717, 1.165) is 5.56 Å². The van der Waals surface area contributed by atoms with Gasteiger partial charge in [0.25, 0.3) is 0 Å². The predicted octanol–water partition coefficient (Wildman–Crippen LogP) is 2.53. The summed E-state index contributed by atoms with van der Waals surface area (Å²) in [6.07, 6.45) is 2.09. The lowest BCUT2D eigenvalue weighted by molar-refractivity contribution is -0.144. The fourth-order valence-electron chi connectivity index (χ4n) is 2.42. The molecule has 2 N–H and O–H groups in total. The van der Waals surface area contributed by atoms with E-state index < -0.39 is 35.7 Å². The largest absolute Gasteiger partial charge is 0.467 e. The third-order valence-corrected chi connectivity index (χ3v) is 4.37. The summed E-state index contributed by atoms with van der Waals surface area (Å²) < 4.78 is 10.0. The van der Waals surface area contributed by atoms with Gasteiger partial charge in [0.2, 0.25) is 5.91 Å². The number of alkyl carbamates (subject to hydrolysis) is 1. The van der Waals surface area contributed by atoms with Crippen LogP contribution in [0.2, 0.25) is 0 Å². The normalized spacial score (nSPS) is 13.2. The summed E-state index contributed by atoms with van der Waals surface area (Å²) in [5.74, 6) is -0.607. The first kappa shape index (κ1) is 23.8. The van der Waals surface area contributed by atoms with Crippen LogP contribution in [0.1, 0.15) is 32.8 Å². The summed E-state index contributed by atoms with van der Waals surface area (Å²) in [7, 11) is 1.27. The second kappa shape index (κ2) is 11.6. The van der Waals surface area contributed by atoms with Crippen LogP contribution in [0.3, 0.4) is 0 Å². The van der Waals surface area contributed by atoms with E-state index in [9.17, 15) is 14.4 Å². The topological polar surface area (TPSA) is 93.7 Å². The average molecular weight is 411 g/mol. The Hall–Kier alpha value is -2.22. The zero-order valence-corrected chi connectivity index (χ0v) is 17.9. The summed E-state index contributed by atoms with van der Waals surface area (Å²) in [6.45, 7) is 5.24. The van der Waals surface area contributed by atoms with E-state index in [-0.39, 0.29) is 0 Å². The lowest BCUT2D eigenvalue weighted by Crippen LogP contribution is -2.53. The Morgan fingerprint density at radius 1 is 1.07 bits per heavy atom. The van der Waals surface area contributed by atoms with E-state index >= 15 is 0 Å². The molecule has 2 amide bonds. The van der Waals surface area contributed by atoms with Crippen molar-refractivity contribution in [1.82, 2.24) is 10.6 Å². The predicted molar refractivity (Wildman–Crippen MR) is 110 cm³/mol. The molecule has 0 heterocycles. The van der Waals surface area contributed by atoms with Gasteiger partial charge in [0.15, 0.2) is 0 Å². The number of carbonyl (C=O) groups excluding carboxylic acids is 3. The number of hydrogen-bond acceptors (Lipinski definition) is 6. The fraction of sp³-hybridized carbons (Fsp3) is 0.550. The minimum absolute atomic E-state index is 0.363. The van der Waals surface area contributed by atoms with Crippen molar-refractivity contribution in [3.63, 3.8) is 0 Å². The second-order valence-electron chi connectivity index (χ2n) is 7.26. The van der Waals surface area contributed by atoms with Crippen LogP contribution in [-0.4, -0.2) is 54.8 Å². The Kier molecular flexibility index (Phi) is 9.85. The molecule has 0 aliphatic heterocycles. The molecule has 1 rings (SSSR count). The van der Waals surface area contributed by atoms with Crippen LogP contribution in [0, 0.1) is 0 Å². The molecular weight excluding hydrogens is 380 g/mol. The molecule has 156 valence electrons. The van der Waals surface area contributed by atoms with Gasteiger partial charge in [-0.05, 0) is 45.4 Å². The Labute approximate surface area is 170 Å². The molecule has 8 heteroatoms. The van der Waals surface area contributed by atoms with Crippen molar-refractivity contribution < 1.29 is 23.9 Å². The number of benzene rings is 1. The average Bonchev–Trinajstić information content (AvgIpc) is 2.63. The zero-order valence-electron chi connectivity index (χ0n) is 17.1. The van der Waals surface area contributed by atoms with Crippen LogP contribution in [-0.2, 0) is 25.5 Å². The molecule has 0 fully saturated rings. The molecule has 1 aromatic carbocycles. The molecular formula is C20H30N2O5S. The highest BCUT2D eigenvalue weighted by Gasteiger charge is 2.28. The van der Waals surface area contributed by atoms with Crippen molar-refractivity contribution in [3.8, 4) is 0 Å². The second-order valence-corrected chi connectivity index (χ2v) is 8.17. The Morgan fingerprint density at radius 3 is 2.25 bits per heavy atom. The summed E-state index contributed by atoms with van der Waals surface area (Å²) in [6, 6.07) is 8.02. The quantitative estimate of drug-likeness (QED) is 0.608. The highest BCUT2D eigenvalue weighted by molar-refractivity contribution is 7.98. The Morgan fingerprint density at radius 2 is 1.71 bits per heavy atom. The van der Waals surface area contributed by atoms with E-state index in [2.05, 4.69) is 10.6 Å². The SMILES string of the molecule is COC(=O)[C@H](CSC)NC(=O)[C@H](CCc1ccccc1)NC(=O)OC(C)(C)C. The summed E-state index contributed by atoms with van der Waals surface area (Å²) >= 11 is 1.41. The van der Waals surface area contributed by atoms with Crippen molar-refractivity contribution in [2.45, 2.75) is 51.3 Å². The summed E-state index contributed by atoms with van der Waals surface area (Å²) in [4.78, 5) is 36.8. The molecule has 28 heavy (non-hydrogen) atoms. The van der Waals surface area contributed by atoms with Crippen LogP contribution >= 0.6 is 11.8 Å². The third kappa shape index (κ3) is 9.12. The van der Waals surface area contributed by atoms with Gasteiger partial charge in [-0.25, -0.2) is 9.59 Å². The number of rotatable bonds is 9. The molecule has 0 saturated carbocycles. The van der Waals surface area contributed by atoms with E-state index in [1.54, 1.807) is 20.8 Å². The molecule has 0 aliphatic carbocycles. The van der Waals surface area contributed by atoms with Crippen molar-refractivity contribution in [1.29, 1.82) is 0 Å². The number of carbonyl (C=O) groups is 3. The number of hydrogen-bond donors (Lipinski definition) is 2. The lowest BCUT2D eigenvalue weighted by atomic mass is 10.0. The van der Waals surface area contributed by atoms with E-state index in [0.29, 0.717) is 18.6 Å². The van der Waals surface area contributed by atoms with Gasteiger partial charge in [0, 0.05) is 5.75 Å². The zero-order chi connectivity index (χ0) is 21.2. The maximum absolute atomic E-state index is 12.8. The van der Waals surface area contributed by atoms with Crippen LogP contribution in [0.4, 0.5) is 4.79 Å². The molecule has 0 unspecified atom stereocenters. The number of esters is 1. The molecule has 7 nitrogen and oxygen atoms in total. The highest BCUT2D eigenvalue weighted by Crippen LogP contribution is 2.10. The minimum atomic E-state index is -0.843. The van der Waals surface area contributed by atoms with Gasteiger partial charge in [0.1, 0.15) is 17.7 Å². The van der Waals surface area contributed by atoms with Crippen molar-refractivity contribution >= 4 is 29.7 Å². The summed E-state index contributed by atoms with van der Waals surface area (Å²) in [5, 5.41) is 5.28. The minimum Gasteiger partial charge on any atom is -0.467 e. The van der Waals surface area contributed by atoms with E-state index in [4.69, 9.17) is 9.47 Å². The number of thioether (sulfide) groups is 1. The molecule has 0 radical (unpaired) electrons. The molecule has 2 atom stereocenters. The highest BCUT2D eigenvalue weighted by atomic mass is 32.2. The lowest BCUT2D eigenvalue weighted by Gasteiger charge is -2.24. The number of ether oxygens (including phenoxy) is 2. The van der Waals surface area contributed by atoms with Gasteiger partial charge in [-0.2, -0.15) is 11.8 Å². The first-order valence-electron chi connectivity index (χ1n) is 9.07. The van der Waals surface area contributed by atoms with E-state index in [1.165, 1.54) is 18.9 Å². The number of amides is 2. The van der Waals surface area contributed by atoms with Gasteiger partial charge in [-0.15, -0.1) is 0 Å². The standard InChI is InChI=1S/C20H30N2O5S/c1-20(2,3)27-19(25)22-15(12-11-14-9-7-6-8-10-14)17(23)21-16(13-28-5)18(24)26-4/h6-10,15-16H,11-13H2,1-5H3,(H,21,23)(H,22,25)/t15-,16-/m0/s1. The van der Waals surface area contributed by atoms with Crippen LogP contribution in [0.15, 0.2) is 30.3 Å². The van der Waals surface area contributed by atoms with Crippen molar-refractivity contribution in [3.05, 3.63) is 35.9 Å². The number of methoxy groups -OCH3 is 1. The van der Waals surface area contributed by atoms with Crippen LogP contribution < -0.4 is 10.6 Å². The number of nitrogens with one attached hydrogen (secondary N) is 2. The number of aryl methyl sites for hydroxylation is 1. The third-order valence-electron chi connectivity index (χ3n) is 3.71. The maximum Gasteiger partial charge on any atom is 0.408 e. The first-order valence-corrected chi connectivity index (χ1v) is 10.5.